The second-order valence-electron chi connectivity index (χ2n) is 8.48. The number of rotatable bonds is 8. The van der Waals surface area contributed by atoms with Gasteiger partial charge in [-0.1, -0.05) is 48.5 Å². The van der Waals surface area contributed by atoms with Crippen molar-refractivity contribution in [1.29, 1.82) is 0 Å². The topological polar surface area (TPSA) is 44.4 Å². The van der Waals surface area contributed by atoms with E-state index in [2.05, 4.69) is 51.9 Å². The van der Waals surface area contributed by atoms with E-state index in [9.17, 15) is 9.18 Å². The number of halogens is 1. The van der Waals surface area contributed by atoms with Gasteiger partial charge in [0.15, 0.2) is 0 Å². The Labute approximate surface area is 189 Å². The van der Waals surface area contributed by atoms with E-state index in [4.69, 9.17) is 0 Å². The molecule has 1 heterocycles. The van der Waals surface area contributed by atoms with E-state index >= 15 is 0 Å². The summed E-state index contributed by atoms with van der Waals surface area (Å²) in [5.41, 5.74) is 2.91. The van der Waals surface area contributed by atoms with E-state index in [1.807, 2.05) is 24.3 Å². The summed E-state index contributed by atoms with van der Waals surface area (Å²) in [6.45, 7) is 3.36. The number of anilines is 1. The molecule has 0 unspecified atom stereocenters. The average Bonchev–Trinajstić information content (AvgIpc) is 2.84. The molecule has 0 bridgehead atoms. The third-order valence-electron chi connectivity index (χ3n) is 6.12. The zero-order valence-corrected chi connectivity index (χ0v) is 18.2. The van der Waals surface area contributed by atoms with Crippen LogP contribution in [0.5, 0.6) is 0 Å². The Morgan fingerprint density at radius 3 is 2.28 bits per heavy atom. The van der Waals surface area contributed by atoms with Crippen LogP contribution in [-0.2, 0) is 6.54 Å². The Balaban J connectivity index is 1.37. The third-order valence-corrected chi connectivity index (χ3v) is 6.12. The molecule has 1 fully saturated rings. The summed E-state index contributed by atoms with van der Waals surface area (Å²) in [5.74, 6) is 0.0542. The van der Waals surface area contributed by atoms with Crippen LogP contribution in [0.4, 0.5) is 10.1 Å². The second-order valence-corrected chi connectivity index (χ2v) is 8.48. The molecule has 3 aromatic rings. The number of para-hydroxylation sites is 1. The van der Waals surface area contributed by atoms with Gasteiger partial charge in [-0.3, -0.25) is 9.69 Å². The highest BCUT2D eigenvalue weighted by Gasteiger charge is 2.28. The Morgan fingerprint density at radius 1 is 0.875 bits per heavy atom. The van der Waals surface area contributed by atoms with Crippen molar-refractivity contribution in [2.24, 2.45) is 5.92 Å². The van der Waals surface area contributed by atoms with E-state index in [1.54, 1.807) is 0 Å². The summed E-state index contributed by atoms with van der Waals surface area (Å²) in [4.78, 5) is 15.0. The van der Waals surface area contributed by atoms with Crippen molar-refractivity contribution >= 4 is 11.6 Å². The molecule has 1 amide bonds. The van der Waals surface area contributed by atoms with Crippen LogP contribution in [0.2, 0.25) is 0 Å². The number of benzene rings is 3. The molecule has 1 aliphatic rings. The maximum absolute atomic E-state index is 13.1. The summed E-state index contributed by atoms with van der Waals surface area (Å²) in [6, 6.07) is 26.8. The average molecular weight is 432 g/mol. The number of nitrogens with zero attached hydrogens (tertiary/aromatic N) is 1. The van der Waals surface area contributed by atoms with Gasteiger partial charge in [-0.15, -0.1) is 0 Å². The first kappa shape index (κ1) is 22.0. The van der Waals surface area contributed by atoms with Gasteiger partial charge in [0, 0.05) is 43.5 Å². The molecular formula is C27H30FN3O. The number of nitrogens with one attached hydrogen (secondary N) is 2. The second kappa shape index (κ2) is 10.9. The number of piperidine rings is 1. The van der Waals surface area contributed by atoms with Gasteiger partial charge in [-0.2, -0.15) is 0 Å². The smallest absolute Gasteiger partial charge is 0.251 e. The van der Waals surface area contributed by atoms with Crippen LogP contribution in [0.1, 0.15) is 28.8 Å². The molecule has 32 heavy (non-hydrogen) atoms. The Morgan fingerprint density at radius 2 is 1.56 bits per heavy atom. The first-order valence-electron chi connectivity index (χ1n) is 11.3. The normalized spacial score (nSPS) is 18.8. The summed E-state index contributed by atoms with van der Waals surface area (Å²) in [6.07, 6.45) is 2.14. The van der Waals surface area contributed by atoms with E-state index in [0.717, 1.165) is 38.2 Å². The molecule has 1 aliphatic heterocycles. The van der Waals surface area contributed by atoms with E-state index in [1.165, 1.54) is 29.8 Å². The van der Waals surface area contributed by atoms with Crippen molar-refractivity contribution in [3.63, 3.8) is 0 Å². The summed E-state index contributed by atoms with van der Waals surface area (Å²) >= 11 is 0. The molecule has 0 spiro atoms. The van der Waals surface area contributed by atoms with Crippen molar-refractivity contribution in [3.05, 3.63) is 102 Å². The molecule has 2 atom stereocenters. The van der Waals surface area contributed by atoms with Crippen LogP contribution in [-0.4, -0.2) is 36.5 Å². The molecule has 4 rings (SSSR count). The first-order valence-corrected chi connectivity index (χ1v) is 11.3. The van der Waals surface area contributed by atoms with Crippen molar-refractivity contribution < 1.29 is 9.18 Å². The fraction of sp³-hybridized carbons (Fsp3) is 0.296. The Hall–Kier alpha value is -3.18. The summed E-state index contributed by atoms with van der Waals surface area (Å²) in [5, 5.41) is 6.62. The fourth-order valence-corrected chi connectivity index (χ4v) is 4.32. The molecule has 0 radical (unpaired) electrons. The van der Waals surface area contributed by atoms with Gasteiger partial charge in [0.1, 0.15) is 5.82 Å². The molecule has 3 aromatic carbocycles. The highest BCUT2D eigenvalue weighted by Crippen LogP contribution is 2.24. The monoisotopic (exact) mass is 431 g/mol. The van der Waals surface area contributed by atoms with E-state index in [-0.39, 0.29) is 17.8 Å². The van der Waals surface area contributed by atoms with Gasteiger partial charge in [0.05, 0.1) is 0 Å². The van der Waals surface area contributed by atoms with Crippen LogP contribution in [0.25, 0.3) is 0 Å². The van der Waals surface area contributed by atoms with Crippen LogP contribution in [0.3, 0.4) is 0 Å². The van der Waals surface area contributed by atoms with Crippen LogP contribution in [0.15, 0.2) is 84.9 Å². The summed E-state index contributed by atoms with van der Waals surface area (Å²) in [7, 11) is 0. The number of hydrogen-bond acceptors (Lipinski definition) is 3. The predicted octanol–water partition coefficient (Wildman–Crippen LogP) is 4.95. The third kappa shape index (κ3) is 6.17. The number of hydrogen-bond donors (Lipinski definition) is 2. The molecule has 166 valence electrons. The molecule has 0 aromatic heterocycles. The predicted molar refractivity (Wildman–Crippen MR) is 127 cm³/mol. The van der Waals surface area contributed by atoms with E-state index in [0.29, 0.717) is 18.0 Å². The number of amides is 1. The minimum absolute atomic E-state index is 0.155. The Bertz CT molecular complexity index is 979. The van der Waals surface area contributed by atoms with Gasteiger partial charge in [-0.25, -0.2) is 4.39 Å². The lowest BCUT2D eigenvalue weighted by atomic mass is 9.91. The van der Waals surface area contributed by atoms with Gasteiger partial charge in [-0.05, 0) is 60.7 Å². The zero-order chi connectivity index (χ0) is 22.2. The van der Waals surface area contributed by atoms with Crippen molar-refractivity contribution in [2.75, 3.05) is 25.0 Å². The highest BCUT2D eigenvalue weighted by molar-refractivity contribution is 5.94. The minimum atomic E-state index is -0.335. The Kier molecular flexibility index (Phi) is 7.51. The number of carbonyl (C=O) groups is 1. The molecular weight excluding hydrogens is 401 g/mol. The molecule has 5 heteroatoms. The SMILES string of the molecule is O=C(NC[C@H]1CC[C@@H](CNc2ccccc2)CN1Cc1ccccc1)c1ccc(F)cc1. The lowest BCUT2D eigenvalue weighted by molar-refractivity contribution is 0.0850. The minimum Gasteiger partial charge on any atom is -0.385 e. The van der Waals surface area contributed by atoms with Crippen molar-refractivity contribution in [3.8, 4) is 0 Å². The van der Waals surface area contributed by atoms with Crippen LogP contribution in [0, 0.1) is 11.7 Å². The maximum Gasteiger partial charge on any atom is 0.251 e. The molecule has 0 aliphatic carbocycles. The number of carbonyl (C=O) groups excluding carboxylic acids is 1. The quantitative estimate of drug-likeness (QED) is 0.531. The van der Waals surface area contributed by atoms with Gasteiger partial charge in [0.2, 0.25) is 0 Å². The van der Waals surface area contributed by atoms with E-state index < -0.39 is 0 Å². The largest absolute Gasteiger partial charge is 0.385 e. The molecule has 2 N–H and O–H groups in total. The van der Waals surface area contributed by atoms with Crippen LogP contribution < -0.4 is 10.6 Å². The van der Waals surface area contributed by atoms with Crippen LogP contribution >= 0.6 is 0 Å². The highest BCUT2D eigenvalue weighted by atomic mass is 19.1. The maximum atomic E-state index is 13.1. The van der Waals surface area contributed by atoms with Gasteiger partial charge >= 0.3 is 0 Å². The summed E-state index contributed by atoms with van der Waals surface area (Å²) < 4.78 is 13.1. The zero-order valence-electron chi connectivity index (χ0n) is 18.2. The molecule has 0 saturated carbocycles. The lowest BCUT2D eigenvalue weighted by Gasteiger charge is -2.40. The number of likely N-dealkylation sites (tertiary alicyclic amines) is 1. The van der Waals surface area contributed by atoms with Crippen molar-refractivity contribution in [2.45, 2.75) is 25.4 Å². The van der Waals surface area contributed by atoms with Gasteiger partial charge < -0.3 is 10.6 Å². The molecule has 4 nitrogen and oxygen atoms in total. The van der Waals surface area contributed by atoms with Crippen molar-refractivity contribution in [1.82, 2.24) is 10.2 Å². The molecule has 1 saturated heterocycles. The standard InChI is InChI=1S/C27H30FN3O/c28-24-14-12-23(13-15-24)27(32)30-18-26-16-11-22(17-29-25-9-5-2-6-10-25)20-31(26)19-21-7-3-1-4-8-21/h1-10,12-15,22,26,29H,11,16-20H2,(H,30,32)/t22-,26+/m0/s1. The fourth-order valence-electron chi connectivity index (χ4n) is 4.32. The first-order chi connectivity index (χ1) is 15.7. The lowest BCUT2D eigenvalue weighted by Crippen LogP contribution is -2.49. The van der Waals surface area contributed by atoms with Gasteiger partial charge in [0.25, 0.3) is 5.91 Å².